The van der Waals surface area contributed by atoms with Crippen LogP contribution in [0.4, 0.5) is 0 Å². The summed E-state index contributed by atoms with van der Waals surface area (Å²) in [6, 6.07) is 0. The first kappa shape index (κ1) is 15.7. The first-order chi connectivity index (χ1) is 5.91. The third kappa shape index (κ3) is 15.1. The molecule has 0 aromatic heterocycles. The molecule has 13 heavy (non-hydrogen) atoms. The largest absolute Gasteiger partial charge is 0.396 e. The van der Waals surface area contributed by atoms with Gasteiger partial charge in [-0.3, -0.25) is 0 Å². The number of aliphatic hydroxyl groups excluding tert-OH is 2. The molecule has 0 aliphatic rings. The van der Waals surface area contributed by atoms with Crippen LogP contribution in [0.5, 0.6) is 0 Å². The monoisotopic (exact) mass is 208 g/mol. The molecule has 0 rings (SSSR count). The molecule has 2 nitrogen and oxygen atoms in total. The van der Waals surface area contributed by atoms with Crippen LogP contribution in [0.2, 0.25) is 0 Å². The summed E-state index contributed by atoms with van der Waals surface area (Å²) in [5.74, 6) is 0. The van der Waals surface area contributed by atoms with E-state index < -0.39 is 0 Å². The summed E-state index contributed by atoms with van der Waals surface area (Å²) < 4.78 is 0. The lowest BCUT2D eigenvalue weighted by Crippen LogP contribution is -1.85. The van der Waals surface area contributed by atoms with E-state index in [0.717, 1.165) is 25.7 Å². The van der Waals surface area contributed by atoms with Gasteiger partial charge in [0.05, 0.1) is 0 Å². The average molecular weight is 208 g/mol. The second kappa shape index (κ2) is 14.8. The van der Waals surface area contributed by atoms with Crippen molar-refractivity contribution < 1.29 is 10.2 Å². The van der Waals surface area contributed by atoms with Crippen molar-refractivity contribution in [3.8, 4) is 0 Å². The van der Waals surface area contributed by atoms with Gasteiger partial charge in [0, 0.05) is 13.2 Å². The quantitative estimate of drug-likeness (QED) is 0.570. The normalized spacial score (nSPS) is 9.69. The zero-order valence-electron chi connectivity index (χ0n) is 8.47. The number of hydrogen-bond acceptors (Lipinski definition) is 2. The topological polar surface area (TPSA) is 40.5 Å². The summed E-state index contributed by atoms with van der Waals surface area (Å²) in [7, 11) is 0. The third-order valence-electron chi connectivity index (χ3n) is 2.07. The van der Waals surface area contributed by atoms with Crippen LogP contribution >= 0.6 is 13.5 Å². The third-order valence-corrected chi connectivity index (χ3v) is 2.07. The van der Waals surface area contributed by atoms with Gasteiger partial charge in [0.25, 0.3) is 0 Å². The number of rotatable bonds is 9. The van der Waals surface area contributed by atoms with Crippen LogP contribution in [0.3, 0.4) is 0 Å². The Kier molecular flexibility index (Phi) is 17.9. The standard InChI is InChI=1S/C10H22O2.H2S/c11-9-7-5-3-1-2-4-6-8-10-12;/h11-12H,1-10H2;1H2. The lowest BCUT2D eigenvalue weighted by Gasteiger charge is -1.99. The van der Waals surface area contributed by atoms with Crippen LogP contribution in [-0.2, 0) is 0 Å². The maximum Gasteiger partial charge on any atom is 0.0431 e. The molecule has 82 valence electrons. The van der Waals surface area contributed by atoms with Gasteiger partial charge in [-0.2, -0.15) is 13.5 Å². The maximum atomic E-state index is 8.51. The minimum atomic E-state index is 0. The van der Waals surface area contributed by atoms with Gasteiger partial charge in [-0.15, -0.1) is 0 Å². The number of hydrogen-bond donors (Lipinski definition) is 2. The van der Waals surface area contributed by atoms with Gasteiger partial charge < -0.3 is 10.2 Å². The van der Waals surface area contributed by atoms with E-state index >= 15 is 0 Å². The highest BCUT2D eigenvalue weighted by Gasteiger charge is 1.90. The van der Waals surface area contributed by atoms with Crippen LogP contribution in [0, 0.1) is 0 Å². The predicted molar refractivity (Wildman–Crippen MR) is 61.5 cm³/mol. The summed E-state index contributed by atoms with van der Waals surface area (Å²) in [5.41, 5.74) is 0. The van der Waals surface area contributed by atoms with Crippen molar-refractivity contribution in [3.05, 3.63) is 0 Å². The lowest BCUT2D eigenvalue weighted by molar-refractivity contribution is 0.279. The Hall–Kier alpha value is 0.270. The summed E-state index contributed by atoms with van der Waals surface area (Å²) in [5, 5.41) is 17.0. The highest BCUT2D eigenvalue weighted by atomic mass is 32.1. The molecule has 0 amide bonds. The summed E-state index contributed by atoms with van der Waals surface area (Å²) in [4.78, 5) is 0. The molecule has 0 saturated carbocycles. The van der Waals surface area contributed by atoms with Crippen molar-refractivity contribution in [1.82, 2.24) is 0 Å². The number of unbranched alkanes of at least 4 members (excludes halogenated alkanes) is 7. The Morgan fingerprint density at radius 2 is 0.692 bits per heavy atom. The highest BCUT2D eigenvalue weighted by molar-refractivity contribution is 7.59. The summed E-state index contributed by atoms with van der Waals surface area (Å²) >= 11 is 0. The van der Waals surface area contributed by atoms with Gasteiger partial charge in [0.1, 0.15) is 0 Å². The Morgan fingerprint density at radius 1 is 0.462 bits per heavy atom. The van der Waals surface area contributed by atoms with Gasteiger partial charge in [-0.1, -0.05) is 38.5 Å². The van der Waals surface area contributed by atoms with E-state index in [4.69, 9.17) is 10.2 Å². The highest BCUT2D eigenvalue weighted by Crippen LogP contribution is 2.07. The van der Waals surface area contributed by atoms with Gasteiger partial charge in [0.2, 0.25) is 0 Å². The van der Waals surface area contributed by atoms with Crippen molar-refractivity contribution in [3.63, 3.8) is 0 Å². The molecule has 0 aliphatic heterocycles. The molecular weight excluding hydrogens is 184 g/mol. The first-order valence-electron chi connectivity index (χ1n) is 5.13. The van der Waals surface area contributed by atoms with Crippen LogP contribution in [0.25, 0.3) is 0 Å². The van der Waals surface area contributed by atoms with E-state index in [1.165, 1.54) is 25.7 Å². The van der Waals surface area contributed by atoms with Crippen molar-refractivity contribution in [2.75, 3.05) is 13.2 Å². The second-order valence-corrected chi connectivity index (χ2v) is 3.28. The summed E-state index contributed by atoms with van der Waals surface area (Å²) in [6.45, 7) is 0.676. The molecule has 0 atom stereocenters. The fraction of sp³-hybridized carbons (Fsp3) is 1.00. The smallest absolute Gasteiger partial charge is 0.0431 e. The van der Waals surface area contributed by atoms with Gasteiger partial charge in [-0.25, -0.2) is 0 Å². The second-order valence-electron chi connectivity index (χ2n) is 3.28. The first-order valence-corrected chi connectivity index (χ1v) is 5.13. The molecule has 0 bridgehead atoms. The van der Waals surface area contributed by atoms with Crippen molar-refractivity contribution in [2.24, 2.45) is 0 Å². The Balaban J connectivity index is 0. The van der Waals surface area contributed by atoms with E-state index in [9.17, 15) is 0 Å². The van der Waals surface area contributed by atoms with Crippen LogP contribution in [-0.4, -0.2) is 23.4 Å². The maximum absolute atomic E-state index is 8.51. The SMILES string of the molecule is OCCCCCCCCCCO.S. The van der Waals surface area contributed by atoms with E-state index in [1.54, 1.807) is 0 Å². The van der Waals surface area contributed by atoms with Gasteiger partial charge >= 0.3 is 0 Å². The Labute approximate surface area is 88.8 Å². The lowest BCUT2D eigenvalue weighted by atomic mass is 10.1. The van der Waals surface area contributed by atoms with E-state index in [0.29, 0.717) is 13.2 Å². The molecule has 0 aromatic rings. The number of aliphatic hydroxyl groups is 2. The molecule has 0 unspecified atom stereocenters. The van der Waals surface area contributed by atoms with E-state index in [2.05, 4.69) is 0 Å². The van der Waals surface area contributed by atoms with Gasteiger partial charge in [-0.05, 0) is 12.8 Å². The zero-order chi connectivity index (χ0) is 9.07. The van der Waals surface area contributed by atoms with Crippen LogP contribution < -0.4 is 0 Å². The molecule has 0 aliphatic carbocycles. The van der Waals surface area contributed by atoms with Crippen LogP contribution in [0.1, 0.15) is 51.4 Å². The molecule has 0 saturated heterocycles. The average Bonchev–Trinajstić information content (AvgIpc) is 2.10. The molecule has 0 spiro atoms. The molecular formula is C10H24O2S. The van der Waals surface area contributed by atoms with Crippen molar-refractivity contribution >= 4 is 13.5 Å². The fourth-order valence-electron chi connectivity index (χ4n) is 1.28. The van der Waals surface area contributed by atoms with Crippen molar-refractivity contribution in [1.29, 1.82) is 0 Å². The van der Waals surface area contributed by atoms with E-state index in [-0.39, 0.29) is 13.5 Å². The predicted octanol–water partition coefficient (Wildman–Crippen LogP) is 2.20. The molecule has 0 fully saturated rings. The van der Waals surface area contributed by atoms with E-state index in [1.807, 2.05) is 0 Å². The molecule has 2 N–H and O–H groups in total. The van der Waals surface area contributed by atoms with Gasteiger partial charge in [0.15, 0.2) is 0 Å². The molecule has 3 heteroatoms. The molecule has 0 aromatic carbocycles. The summed E-state index contributed by atoms with van der Waals surface area (Å²) in [6.07, 6.45) is 9.30. The molecule has 0 radical (unpaired) electrons. The molecule has 0 heterocycles. The van der Waals surface area contributed by atoms with Crippen molar-refractivity contribution in [2.45, 2.75) is 51.4 Å². The Morgan fingerprint density at radius 3 is 0.923 bits per heavy atom. The van der Waals surface area contributed by atoms with Crippen LogP contribution in [0.15, 0.2) is 0 Å². The Bertz CT molecular complexity index is 69.3. The minimum absolute atomic E-state index is 0. The fourth-order valence-corrected chi connectivity index (χ4v) is 1.28. The zero-order valence-corrected chi connectivity index (χ0v) is 9.47. The minimum Gasteiger partial charge on any atom is -0.396 e.